The number of benzene rings is 2. The standard InChI is InChI=1S/C29H38N2O5S/c1-5-6-13-36-18-19-7-9-20(10-8-19)28-31-25-15-23(29(32)35-4)24(16-27(25)37-28)30-17-21-11-12-22(33-2)14-26(21)34-3/h11-12,14-16,19-20,30H,5-10,13,17-18H2,1-4H3/t19-,20-. The number of aromatic nitrogens is 1. The molecule has 1 N–H and O–H groups in total. The number of fused-ring (bicyclic) bond motifs is 1. The summed E-state index contributed by atoms with van der Waals surface area (Å²) in [5, 5.41) is 4.57. The van der Waals surface area contributed by atoms with Crippen LogP contribution in [0.15, 0.2) is 30.3 Å². The van der Waals surface area contributed by atoms with Crippen LogP contribution in [0.3, 0.4) is 0 Å². The van der Waals surface area contributed by atoms with E-state index in [0.717, 1.165) is 70.5 Å². The Hall–Kier alpha value is -2.84. The molecule has 1 aliphatic carbocycles. The van der Waals surface area contributed by atoms with Crippen LogP contribution in [0.25, 0.3) is 10.2 Å². The zero-order valence-electron chi connectivity index (χ0n) is 22.3. The number of rotatable bonds is 12. The summed E-state index contributed by atoms with van der Waals surface area (Å²) in [4.78, 5) is 17.6. The number of hydrogen-bond acceptors (Lipinski definition) is 8. The molecule has 3 aromatic rings. The third kappa shape index (κ3) is 6.73. The number of thiazole rings is 1. The van der Waals surface area contributed by atoms with Crippen LogP contribution in [-0.4, -0.2) is 45.5 Å². The van der Waals surface area contributed by atoms with Gasteiger partial charge in [-0.25, -0.2) is 9.78 Å². The van der Waals surface area contributed by atoms with Gasteiger partial charge in [-0.3, -0.25) is 0 Å². The molecule has 1 heterocycles. The van der Waals surface area contributed by atoms with Crippen molar-refractivity contribution in [3.8, 4) is 11.5 Å². The average molecular weight is 527 g/mol. The molecule has 1 aromatic heterocycles. The fourth-order valence-corrected chi connectivity index (χ4v) is 6.01. The highest BCUT2D eigenvalue weighted by Gasteiger charge is 2.26. The Bertz CT molecular complexity index is 1190. The molecule has 37 heavy (non-hydrogen) atoms. The van der Waals surface area contributed by atoms with Gasteiger partial charge in [0, 0.05) is 37.3 Å². The van der Waals surface area contributed by atoms with E-state index in [1.165, 1.54) is 26.4 Å². The van der Waals surface area contributed by atoms with Crippen LogP contribution in [0.4, 0.5) is 5.69 Å². The molecule has 0 atom stereocenters. The lowest BCUT2D eigenvalue weighted by atomic mass is 9.83. The van der Waals surface area contributed by atoms with Gasteiger partial charge >= 0.3 is 5.97 Å². The van der Waals surface area contributed by atoms with E-state index in [1.54, 1.807) is 25.6 Å². The molecule has 0 unspecified atom stereocenters. The first-order valence-corrected chi connectivity index (χ1v) is 13.9. The zero-order chi connectivity index (χ0) is 26.2. The Morgan fingerprint density at radius 3 is 2.59 bits per heavy atom. The molecule has 0 aliphatic heterocycles. The van der Waals surface area contributed by atoms with Crippen molar-refractivity contribution in [2.24, 2.45) is 5.92 Å². The molecule has 200 valence electrons. The number of anilines is 1. The van der Waals surface area contributed by atoms with Crippen molar-refractivity contribution < 1.29 is 23.7 Å². The van der Waals surface area contributed by atoms with E-state index in [0.29, 0.717) is 23.9 Å². The molecule has 0 radical (unpaired) electrons. The fraction of sp³-hybridized carbons (Fsp3) is 0.517. The maximum Gasteiger partial charge on any atom is 0.340 e. The van der Waals surface area contributed by atoms with E-state index in [-0.39, 0.29) is 5.97 Å². The van der Waals surface area contributed by atoms with Gasteiger partial charge in [0.2, 0.25) is 0 Å². The highest BCUT2D eigenvalue weighted by molar-refractivity contribution is 7.18. The minimum absolute atomic E-state index is 0.385. The number of unbranched alkanes of at least 4 members (excludes halogenated alkanes) is 1. The normalized spacial score (nSPS) is 17.5. The molecule has 0 saturated heterocycles. The van der Waals surface area contributed by atoms with Crippen LogP contribution < -0.4 is 14.8 Å². The molecule has 4 rings (SSSR count). The molecular weight excluding hydrogens is 488 g/mol. The van der Waals surface area contributed by atoms with E-state index in [4.69, 9.17) is 23.9 Å². The minimum atomic E-state index is -0.385. The van der Waals surface area contributed by atoms with Gasteiger partial charge < -0.3 is 24.3 Å². The van der Waals surface area contributed by atoms with Gasteiger partial charge in [0.15, 0.2) is 0 Å². The van der Waals surface area contributed by atoms with Crippen molar-refractivity contribution in [3.63, 3.8) is 0 Å². The second-order valence-corrected chi connectivity index (χ2v) is 10.6. The Morgan fingerprint density at radius 2 is 1.89 bits per heavy atom. The zero-order valence-corrected chi connectivity index (χ0v) is 23.1. The lowest BCUT2D eigenvalue weighted by Crippen LogP contribution is -2.18. The van der Waals surface area contributed by atoms with Gasteiger partial charge in [-0.1, -0.05) is 13.3 Å². The van der Waals surface area contributed by atoms with E-state index in [2.05, 4.69) is 12.2 Å². The molecule has 1 aliphatic rings. The van der Waals surface area contributed by atoms with Gasteiger partial charge in [-0.15, -0.1) is 11.3 Å². The van der Waals surface area contributed by atoms with Crippen LogP contribution in [0.1, 0.15) is 72.3 Å². The largest absolute Gasteiger partial charge is 0.497 e. The second kappa shape index (κ2) is 13.1. The first-order chi connectivity index (χ1) is 18.1. The van der Waals surface area contributed by atoms with E-state index < -0.39 is 0 Å². The SMILES string of the molecule is CCCCOC[C@H]1CC[C@H](c2nc3cc(C(=O)OC)c(NCc4ccc(OC)cc4OC)cc3s2)CC1. The summed E-state index contributed by atoms with van der Waals surface area (Å²) >= 11 is 1.73. The molecule has 0 bridgehead atoms. The summed E-state index contributed by atoms with van der Waals surface area (Å²) in [6.07, 6.45) is 6.93. The van der Waals surface area contributed by atoms with Gasteiger partial charge in [-0.05, 0) is 62.3 Å². The van der Waals surface area contributed by atoms with Gasteiger partial charge in [0.05, 0.1) is 47.8 Å². The Morgan fingerprint density at radius 1 is 1.08 bits per heavy atom. The summed E-state index contributed by atoms with van der Waals surface area (Å²) in [6.45, 7) is 4.43. The number of ether oxygens (including phenoxy) is 4. The number of nitrogens with zero attached hydrogens (tertiary/aromatic N) is 1. The monoisotopic (exact) mass is 526 g/mol. The topological polar surface area (TPSA) is 78.9 Å². The average Bonchev–Trinajstić information content (AvgIpc) is 3.36. The van der Waals surface area contributed by atoms with Crippen molar-refractivity contribution in [2.75, 3.05) is 39.9 Å². The lowest BCUT2D eigenvalue weighted by Gasteiger charge is -2.27. The van der Waals surface area contributed by atoms with Crippen molar-refractivity contribution in [1.82, 2.24) is 4.98 Å². The molecule has 2 aromatic carbocycles. The third-order valence-electron chi connectivity index (χ3n) is 7.10. The molecule has 8 heteroatoms. The molecular formula is C29H38N2O5S. The Labute approximate surface area is 223 Å². The summed E-state index contributed by atoms with van der Waals surface area (Å²) in [6, 6.07) is 9.57. The van der Waals surface area contributed by atoms with E-state index in [1.807, 2.05) is 30.3 Å². The number of methoxy groups -OCH3 is 3. The van der Waals surface area contributed by atoms with E-state index >= 15 is 0 Å². The van der Waals surface area contributed by atoms with E-state index in [9.17, 15) is 4.79 Å². The van der Waals surface area contributed by atoms with Gasteiger partial charge in [0.1, 0.15) is 11.5 Å². The smallest absolute Gasteiger partial charge is 0.340 e. The summed E-state index contributed by atoms with van der Waals surface area (Å²) in [7, 11) is 4.66. The van der Waals surface area contributed by atoms with Crippen LogP contribution in [0.2, 0.25) is 0 Å². The van der Waals surface area contributed by atoms with Crippen LogP contribution in [0, 0.1) is 5.92 Å². The number of nitrogens with one attached hydrogen (secondary N) is 1. The summed E-state index contributed by atoms with van der Waals surface area (Å²) in [5.41, 5.74) is 3.00. The van der Waals surface area contributed by atoms with Gasteiger partial charge in [0.25, 0.3) is 0 Å². The number of hydrogen-bond donors (Lipinski definition) is 1. The highest BCUT2D eigenvalue weighted by Crippen LogP contribution is 2.40. The number of esters is 1. The van der Waals surface area contributed by atoms with Crippen molar-refractivity contribution in [1.29, 1.82) is 0 Å². The van der Waals surface area contributed by atoms with Crippen molar-refractivity contribution in [2.45, 2.75) is 57.9 Å². The second-order valence-electron chi connectivity index (χ2n) is 9.59. The van der Waals surface area contributed by atoms with Crippen molar-refractivity contribution >= 4 is 33.2 Å². The maximum atomic E-state index is 12.6. The predicted molar refractivity (Wildman–Crippen MR) is 148 cm³/mol. The predicted octanol–water partition coefficient (Wildman–Crippen LogP) is 6.80. The lowest BCUT2D eigenvalue weighted by molar-refractivity contribution is 0.0602. The third-order valence-corrected chi connectivity index (χ3v) is 8.29. The summed E-state index contributed by atoms with van der Waals surface area (Å²) < 4.78 is 22.8. The molecule has 0 amide bonds. The number of carbonyl (C=O) groups excluding carboxylic acids is 1. The Kier molecular flexibility index (Phi) is 9.63. The quantitative estimate of drug-likeness (QED) is 0.205. The molecule has 7 nitrogen and oxygen atoms in total. The first kappa shape index (κ1) is 27.2. The maximum absolute atomic E-state index is 12.6. The molecule has 1 saturated carbocycles. The summed E-state index contributed by atoms with van der Waals surface area (Å²) in [5.74, 6) is 2.18. The van der Waals surface area contributed by atoms with Gasteiger partial charge in [-0.2, -0.15) is 0 Å². The Balaban J connectivity index is 1.49. The van der Waals surface area contributed by atoms with Crippen LogP contribution in [0.5, 0.6) is 11.5 Å². The first-order valence-electron chi connectivity index (χ1n) is 13.1. The van der Waals surface area contributed by atoms with Crippen molar-refractivity contribution in [3.05, 3.63) is 46.5 Å². The molecule has 0 spiro atoms. The minimum Gasteiger partial charge on any atom is -0.497 e. The van der Waals surface area contributed by atoms with Crippen LogP contribution in [-0.2, 0) is 16.0 Å². The highest BCUT2D eigenvalue weighted by atomic mass is 32.1. The fourth-order valence-electron chi connectivity index (χ4n) is 4.85. The molecule has 1 fully saturated rings. The van der Waals surface area contributed by atoms with Crippen LogP contribution >= 0.6 is 11.3 Å². The number of carbonyl (C=O) groups is 1.